The summed E-state index contributed by atoms with van der Waals surface area (Å²) in [5.41, 5.74) is 1.36. The maximum Gasteiger partial charge on any atom is 0.333 e. The molecule has 1 amide bonds. The lowest BCUT2D eigenvalue weighted by Crippen LogP contribution is -2.42. The molecule has 0 aliphatic carbocycles. The molecule has 0 aliphatic rings. The minimum absolute atomic E-state index is 0.0121. The van der Waals surface area contributed by atoms with Crippen molar-refractivity contribution in [3.8, 4) is 0 Å². The van der Waals surface area contributed by atoms with E-state index in [4.69, 9.17) is 11.6 Å². The molecular formula is C23H19ClN4O3. The smallest absolute Gasteiger partial charge is 0.325 e. The predicted molar refractivity (Wildman–Crippen MR) is 121 cm³/mol. The average molecular weight is 435 g/mol. The van der Waals surface area contributed by atoms with Crippen LogP contribution in [0.15, 0.2) is 76.4 Å². The first-order valence-electron chi connectivity index (χ1n) is 9.62. The van der Waals surface area contributed by atoms with E-state index in [2.05, 4.69) is 10.3 Å². The van der Waals surface area contributed by atoms with E-state index in [1.807, 2.05) is 19.1 Å². The number of nitrogens with one attached hydrogen (secondary N) is 1. The van der Waals surface area contributed by atoms with Gasteiger partial charge in [-0.2, -0.15) is 0 Å². The third-order valence-corrected chi connectivity index (χ3v) is 5.27. The van der Waals surface area contributed by atoms with Crippen LogP contribution in [0.2, 0.25) is 5.02 Å². The first-order chi connectivity index (χ1) is 14.9. The first kappa shape index (κ1) is 20.6. The molecule has 0 saturated heterocycles. The van der Waals surface area contributed by atoms with Gasteiger partial charge in [0.25, 0.3) is 5.56 Å². The Morgan fingerprint density at radius 1 is 1.00 bits per heavy atom. The fourth-order valence-corrected chi connectivity index (χ4v) is 3.50. The van der Waals surface area contributed by atoms with Crippen LogP contribution in [0.4, 0.5) is 5.69 Å². The Labute approximate surface area is 182 Å². The zero-order valence-corrected chi connectivity index (χ0v) is 17.5. The van der Waals surface area contributed by atoms with E-state index in [1.54, 1.807) is 48.5 Å². The quantitative estimate of drug-likeness (QED) is 0.522. The molecule has 2 aromatic heterocycles. The second kappa shape index (κ2) is 8.57. The monoisotopic (exact) mass is 434 g/mol. The van der Waals surface area contributed by atoms with Gasteiger partial charge in [-0.1, -0.05) is 47.5 Å². The number of nitrogens with zero attached hydrogens (tertiary/aromatic N) is 3. The van der Waals surface area contributed by atoms with Crippen molar-refractivity contribution in [1.82, 2.24) is 14.1 Å². The van der Waals surface area contributed by atoms with Gasteiger partial charge < -0.3 is 5.32 Å². The number of rotatable bonds is 5. The topological polar surface area (TPSA) is 86.0 Å². The number of aromatic nitrogens is 3. The lowest BCUT2D eigenvalue weighted by atomic mass is 10.2. The molecule has 0 radical (unpaired) electrons. The van der Waals surface area contributed by atoms with Crippen molar-refractivity contribution in [3.05, 3.63) is 104 Å². The molecule has 7 nitrogen and oxygen atoms in total. The Hall–Kier alpha value is -3.71. The number of halogens is 1. The van der Waals surface area contributed by atoms with Crippen LogP contribution >= 0.6 is 11.6 Å². The Balaban J connectivity index is 1.76. The molecule has 31 heavy (non-hydrogen) atoms. The van der Waals surface area contributed by atoms with Crippen LogP contribution in [0.3, 0.4) is 0 Å². The summed E-state index contributed by atoms with van der Waals surface area (Å²) in [4.78, 5) is 43.1. The number of carbonyl (C=O) groups excluding carboxylic acids is 1. The van der Waals surface area contributed by atoms with E-state index >= 15 is 0 Å². The molecule has 2 aromatic carbocycles. The van der Waals surface area contributed by atoms with Crippen molar-refractivity contribution >= 4 is 34.2 Å². The highest BCUT2D eigenvalue weighted by molar-refractivity contribution is 6.31. The highest BCUT2D eigenvalue weighted by atomic mass is 35.5. The summed E-state index contributed by atoms with van der Waals surface area (Å²) >= 11 is 6.22. The molecule has 4 rings (SSSR count). The highest BCUT2D eigenvalue weighted by Gasteiger charge is 2.17. The van der Waals surface area contributed by atoms with E-state index in [0.29, 0.717) is 16.3 Å². The van der Waals surface area contributed by atoms with Crippen molar-refractivity contribution in [2.75, 3.05) is 5.32 Å². The first-order valence-corrected chi connectivity index (χ1v) is 10.00. The van der Waals surface area contributed by atoms with Gasteiger partial charge in [-0.15, -0.1) is 0 Å². The maximum atomic E-state index is 13.2. The van der Waals surface area contributed by atoms with Crippen LogP contribution in [0, 0.1) is 6.92 Å². The number of anilines is 1. The number of hydrogen-bond acceptors (Lipinski definition) is 4. The van der Waals surface area contributed by atoms with Crippen LogP contribution in [0.25, 0.3) is 11.0 Å². The molecule has 8 heteroatoms. The van der Waals surface area contributed by atoms with Crippen LogP contribution in [-0.4, -0.2) is 20.0 Å². The molecule has 0 unspecified atom stereocenters. The van der Waals surface area contributed by atoms with E-state index in [1.165, 1.54) is 10.8 Å². The third kappa shape index (κ3) is 4.27. The number of hydrogen-bond donors (Lipinski definition) is 1. The van der Waals surface area contributed by atoms with Gasteiger partial charge in [-0.05, 0) is 42.8 Å². The molecule has 0 saturated carbocycles. The average Bonchev–Trinajstić information content (AvgIpc) is 2.77. The molecule has 1 N–H and O–H groups in total. The van der Waals surface area contributed by atoms with Crippen molar-refractivity contribution in [2.45, 2.75) is 20.0 Å². The van der Waals surface area contributed by atoms with Gasteiger partial charge in [0.1, 0.15) is 12.2 Å². The van der Waals surface area contributed by atoms with Crippen LogP contribution in [-0.2, 0) is 17.9 Å². The Kier molecular flexibility index (Phi) is 5.68. The minimum atomic E-state index is -0.629. The molecule has 0 aliphatic heterocycles. The Bertz CT molecular complexity index is 1390. The number of carbonyl (C=O) groups is 1. The molecule has 2 heterocycles. The van der Waals surface area contributed by atoms with Gasteiger partial charge in [0.2, 0.25) is 5.91 Å². The second-order valence-corrected chi connectivity index (χ2v) is 7.55. The van der Waals surface area contributed by atoms with E-state index in [9.17, 15) is 14.4 Å². The molecule has 0 fully saturated rings. The van der Waals surface area contributed by atoms with Crippen LogP contribution in [0.5, 0.6) is 0 Å². The molecule has 0 spiro atoms. The Morgan fingerprint density at radius 2 is 1.74 bits per heavy atom. The van der Waals surface area contributed by atoms with Gasteiger partial charge in [0.05, 0.1) is 11.9 Å². The fraction of sp³-hybridized carbons (Fsp3) is 0.130. The largest absolute Gasteiger partial charge is 0.333 e. The summed E-state index contributed by atoms with van der Waals surface area (Å²) in [6.07, 6.45) is 1.48. The van der Waals surface area contributed by atoms with Gasteiger partial charge in [0, 0.05) is 16.9 Å². The van der Waals surface area contributed by atoms with Gasteiger partial charge in [-0.3, -0.25) is 18.7 Å². The van der Waals surface area contributed by atoms with E-state index < -0.39 is 17.2 Å². The Morgan fingerprint density at radius 3 is 2.48 bits per heavy atom. The number of aryl methyl sites for hydroxylation is 1. The summed E-state index contributed by atoms with van der Waals surface area (Å²) in [7, 11) is 0. The number of fused-ring (bicyclic) bond motifs is 1. The van der Waals surface area contributed by atoms with E-state index in [-0.39, 0.29) is 24.1 Å². The predicted octanol–water partition coefficient (Wildman–Crippen LogP) is 3.21. The van der Waals surface area contributed by atoms with Crippen LogP contribution in [0.1, 0.15) is 11.1 Å². The molecular weight excluding hydrogens is 416 g/mol. The lowest BCUT2D eigenvalue weighted by Gasteiger charge is -2.14. The molecule has 0 atom stereocenters. The van der Waals surface area contributed by atoms with Gasteiger partial charge in [-0.25, -0.2) is 9.78 Å². The third-order valence-electron chi connectivity index (χ3n) is 4.90. The van der Waals surface area contributed by atoms with Gasteiger partial charge in [0.15, 0.2) is 0 Å². The van der Waals surface area contributed by atoms with Crippen molar-refractivity contribution < 1.29 is 4.79 Å². The van der Waals surface area contributed by atoms with Crippen molar-refractivity contribution in [3.63, 3.8) is 0 Å². The number of benzene rings is 2. The van der Waals surface area contributed by atoms with Crippen LogP contribution < -0.4 is 16.6 Å². The molecule has 4 aromatic rings. The van der Waals surface area contributed by atoms with Gasteiger partial charge >= 0.3 is 5.69 Å². The standard InChI is InChI=1S/C23H19ClN4O3/c1-15-8-10-17(11-9-15)26-20(29)14-27-21-18(6-4-12-25-21)22(30)28(23(27)31)13-16-5-2-3-7-19(16)24/h2-12H,13-14H2,1H3,(H,26,29). The normalized spacial score (nSPS) is 10.9. The summed E-state index contributed by atoms with van der Waals surface area (Å²) in [6, 6.07) is 17.5. The maximum absolute atomic E-state index is 13.2. The zero-order valence-electron chi connectivity index (χ0n) is 16.7. The number of amides is 1. The number of pyridine rings is 1. The fourth-order valence-electron chi connectivity index (χ4n) is 3.31. The zero-order chi connectivity index (χ0) is 22.0. The van der Waals surface area contributed by atoms with E-state index in [0.717, 1.165) is 10.1 Å². The molecule has 156 valence electrons. The SMILES string of the molecule is Cc1ccc(NC(=O)Cn2c(=O)n(Cc3ccccc3Cl)c(=O)c3cccnc32)cc1. The minimum Gasteiger partial charge on any atom is -0.325 e. The summed E-state index contributed by atoms with van der Waals surface area (Å²) < 4.78 is 2.28. The highest BCUT2D eigenvalue weighted by Crippen LogP contribution is 2.15. The van der Waals surface area contributed by atoms with Crippen molar-refractivity contribution in [1.29, 1.82) is 0 Å². The molecule has 0 bridgehead atoms. The summed E-state index contributed by atoms with van der Waals surface area (Å²) in [5, 5.41) is 3.46. The summed E-state index contributed by atoms with van der Waals surface area (Å²) in [6.45, 7) is 1.65. The summed E-state index contributed by atoms with van der Waals surface area (Å²) in [5.74, 6) is -0.402. The van der Waals surface area contributed by atoms with Crippen molar-refractivity contribution in [2.24, 2.45) is 0 Å². The lowest BCUT2D eigenvalue weighted by molar-refractivity contribution is -0.116. The second-order valence-electron chi connectivity index (χ2n) is 7.14.